The van der Waals surface area contributed by atoms with Gasteiger partial charge in [0.15, 0.2) is 0 Å². The number of halogens is 1. The molecule has 1 N–H and O–H groups in total. The summed E-state index contributed by atoms with van der Waals surface area (Å²) < 4.78 is 14.3. The van der Waals surface area contributed by atoms with Crippen LogP contribution >= 0.6 is 0 Å². The molecule has 1 fully saturated rings. The van der Waals surface area contributed by atoms with Gasteiger partial charge in [-0.05, 0) is 110 Å². The highest BCUT2D eigenvalue weighted by Crippen LogP contribution is 2.71. The van der Waals surface area contributed by atoms with Crippen LogP contribution in [0.1, 0.15) is 91.5 Å². The zero-order valence-corrected chi connectivity index (χ0v) is 29.5. The Labute approximate surface area is 278 Å². The molecule has 0 bridgehead atoms. The predicted octanol–water partition coefficient (Wildman–Crippen LogP) is 9.85. The molecule has 0 amide bonds. The summed E-state index contributed by atoms with van der Waals surface area (Å²) in [4.78, 5) is 7.59. The van der Waals surface area contributed by atoms with Crippen LogP contribution in [-0.2, 0) is 0 Å². The van der Waals surface area contributed by atoms with Gasteiger partial charge < -0.3 is 10.2 Å². The van der Waals surface area contributed by atoms with Crippen LogP contribution in [0.3, 0.4) is 0 Å². The first kappa shape index (κ1) is 33.2. The summed E-state index contributed by atoms with van der Waals surface area (Å²) in [6.45, 7) is 12.8. The Bertz CT molecular complexity index is 1440. The van der Waals surface area contributed by atoms with Gasteiger partial charge in [0, 0.05) is 35.2 Å². The molecule has 8 unspecified atom stereocenters. The molecule has 1 aromatic carbocycles. The lowest BCUT2D eigenvalue weighted by Crippen LogP contribution is -2.42. The highest BCUT2D eigenvalue weighted by atomic mass is 19.1. The minimum atomic E-state index is -0.913. The fourth-order valence-corrected chi connectivity index (χ4v) is 10.1. The number of rotatable bonds is 9. The van der Waals surface area contributed by atoms with Gasteiger partial charge >= 0.3 is 0 Å². The highest BCUT2D eigenvalue weighted by molar-refractivity contribution is 6.01. The Balaban J connectivity index is 1.35. The lowest BCUT2D eigenvalue weighted by atomic mass is 9.56. The Morgan fingerprint density at radius 2 is 1.80 bits per heavy atom. The van der Waals surface area contributed by atoms with E-state index in [4.69, 9.17) is 4.99 Å². The molecule has 0 aliphatic heterocycles. The lowest BCUT2D eigenvalue weighted by Gasteiger charge is -2.48. The summed E-state index contributed by atoms with van der Waals surface area (Å²) in [5.74, 6) is 1.95. The number of fused-ring (bicyclic) bond motifs is 3. The van der Waals surface area contributed by atoms with Crippen molar-refractivity contribution in [2.45, 2.75) is 98.2 Å². The zero-order valence-electron chi connectivity index (χ0n) is 29.5. The topological polar surface area (TPSA) is 27.6 Å². The third-order valence-electron chi connectivity index (χ3n) is 13.0. The van der Waals surface area contributed by atoms with E-state index in [1.54, 1.807) is 11.6 Å². The molecular weight excluding hydrogens is 565 g/mol. The molecule has 248 valence electrons. The molecule has 0 radical (unpaired) electrons. The SMILES string of the molecule is CC1C=C(C(CC(=NCNC2=C(C3(C)C=CCCC3)C3C(CC2)C2CCC=CC2(C)C3(C)C)c2ccccc2)N(C)C)C=CC1F. The number of nitrogens with one attached hydrogen (secondary N) is 1. The second-order valence-electron chi connectivity index (χ2n) is 16.2. The number of aliphatic imine (C=N–C) groups is 1. The normalized spacial score (nSPS) is 36.0. The van der Waals surface area contributed by atoms with Crippen molar-refractivity contribution in [3.63, 3.8) is 0 Å². The van der Waals surface area contributed by atoms with Crippen LogP contribution in [0, 0.1) is 39.9 Å². The second-order valence-corrected chi connectivity index (χ2v) is 16.2. The van der Waals surface area contributed by atoms with Crippen LogP contribution in [-0.4, -0.2) is 43.6 Å². The molecule has 4 heteroatoms. The first-order chi connectivity index (χ1) is 22.0. The molecule has 8 atom stereocenters. The van der Waals surface area contributed by atoms with Gasteiger partial charge in [-0.3, -0.25) is 4.99 Å². The Morgan fingerprint density at radius 3 is 2.50 bits per heavy atom. The van der Waals surface area contributed by atoms with Crippen molar-refractivity contribution < 1.29 is 4.39 Å². The molecule has 46 heavy (non-hydrogen) atoms. The van der Waals surface area contributed by atoms with Crippen LogP contribution in [0.2, 0.25) is 0 Å². The summed E-state index contributed by atoms with van der Waals surface area (Å²) in [6, 6.07) is 10.8. The quantitative estimate of drug-likeness (QED) is 0.219. The summed E-state index contributed by atoms with van der Waals surface area (Å²) in [5.41, 5.74) is 7.08. The molecule has 0 saturated heterocycles. The molecule has 1 aromatic rings. The van der Waals surface area contributed by atoms with Crippen molar-refractivity contribution in [1.29, 1.82) is 0 Å². The summed E-state index contributed by atoms with van der Waals surface area (Å²) in [7, 11) is 4.24. The minimum Gasteiger partial charge on any atom is -0.370 e. The van der Waals surface area contributed by atoms with E-state index >= 15 is 0 Å². The summed E-state index contributed by atoms with van der Waals surface area (Å²) in [6.07, 6.45) is 24.4. The first-order valence-corrected chi connectivity index (χ1v) is 18.1. The molecule has 0 spiro atoms. The molecular formula is C42H58FN3. The predicted molar refractivity (Wildman–Crippen MR) is 192 cm³/mol. The number of hydrogen-bond donors (Lipinski definition) is 1. The van der Waals surface area contributed by atoms with Crippen LogP contribution in [0.5, 0.6) is 0 Å². The maximum atomic E-state index is 14.3. The third-order valence-corrected chi connectivity index (χ3v) is 13.0. The molecule has 5 aliphatic rings. The van der Waals surface area contributed by atoms with E-state index in [2.05, 4.69) is 113 Å². The van der Waals surface area contributed by atoms with Crippen LogP contribution in [0.25, 0.3) is 0 Å². The van der Waals surface area contributed by atoms with Gasteiger partial charge in [-0.25, -0.2) is 4.39 Å². The monoisotopic (exact) mass is 623 g/mol. The number of hydrogen-bond acceptors (Lipinski definition) is 3. The van der Waals surface area contributed by atoms with Crippen molar-refractivity contribution >= 4 is 5.71 Å². The number of alkyl halides is 1. The average molecular weight is 624 g/mol. The van der Waals surface area contributed by atoms with E-state index in [1.807, 2.05) is 13.0 Å². The zero-order chi connectivity index (χ0) is 32.7. The third kappa shape index (κ3) is 5.93. The number of nitrogens with zero attached hydrogens (tertiary/aromatic N) is 2. The smallest absolute Gasteiger partial charge is 0.125 e. The van der Waals surface area contributed by atoms with E-state index in [9.17, 15) is 4.39 Å². The van der Waals surface area contributed by atoms with E-state index in [0.717, 1.165) is 36.0 Å². The van der Waals surface area contributed by atoms with Gasteiger partial charge in [-0.2, -0.15) is 0 Å². The van der Waals surface area contributed by atoms with Gasteiger partial charge in [0.2, 0.25) is 0 Å². The van der Waals surface area contributed by atoms with Gasteiger partial charge in [-0.15, -0.1) is 0 Å². The van der Waals surface area contributed by atoms with Crippen molar-refractivity contribution in [3.8, 4) is 0 Å². The van der Waals surface area contributed by atoms with E-state index < -0.39 is 6.17 Å². The van der Waals surface area contributed by atoms with Crippen molar-refractivity contribution in [1.82, 2.24) is 10.2 Å². The van der Waals surface area contributed by atoms with Crippen LogP contribution in [0.15, 0.2) is 94.7 Å². The van der Waals surface area contributed by atoms with Crippen LogP contribution in [0.4, 0.5) is 4.39 Å². The number of likely N-dealkylation sites (N-methyl/N-ethyl adjacent to an activating group) is 1. The average Bonchev–Trinajstić information content (AvgIpc) is 3.22. The van der Waals surface area contributed by atoms with Gasteiger partial charge in [0.25, 0.3) is 0 Å². The van der Waals surface area contributed by atoms with Crippen molar-refractivity contribution in [3.05, 3.63) is 95.3 Å². The summed E-state index contributed by atoms with van der Waals surface area (Å²) in [5, 5.41) is 3.98. The van der Waals surface area contributed by atoms with E-state index in [-0.39, 0.29) is 28.2 Å². The number of allylic oxidation sites excluding steroid dienone is 8. The molecule has 0 heterocycles. The van der Waals surface area contributed by atoms with Crippen molar-refractivity contribution in [2.24, 2.45) is 44.9 Å². The minimum absolute atomic E-state index is 0.0848. The fraction of sp³-hybridized carbons (Fsp3) is 0.595. The fourth-order valence-electron chi connectivity index (χ4n) is 10.1. The van der Waals surface area contributed by atoms with Gasteiger partial charge in [0.05, 0.1) is 0 Å². The van der Waals surface area contributed by atoms with Crippen molar-refractivity contribution in [2.75, 3.05) is 20.8 Å². The Kier molecular flexibility index (Phi) is 9.42. The Morgan fingerprint density at radius 1 is 1.04 bits per heavy atom. The maximum absolute atomic E-state index is 14.3. The highest BCUT2D eigenvalue weighted by Gasteiger charge is 2.64. The van der Waals surface area contributed by atoms with Gasteiger partial charge in [0.1, 0.15) is 12.8 Å². The van der Waals surface area contributed by atoms with E-state index in [0.29, 0.717) is 12.6 Å². The Hall–Kier alpha value is -2.72. The molecule has 5 aliphatic carbocycles. The summed E-state index contributed by atoms with van der Waals surface area (Å²) >= 11 is 0. The molecule has 1 saturated carbocycles. The number of benzene rings is 1. The van der Waals surface area contributed by atoms with Gasteiger partial charge in [-0.1, -0.05) is 101 Å². The maximum Gasteiger partial charge on any atom is 0.125 e. The van der Waals surface area contributed by atoms with Crippen LogP contribution < -0.4 is 5.32 Å². The van der Waals surface area contributed by atoms with E-state index in [1.165, 1.54) is 49.8 Å². The lowest BCUT2D eigenvalue weighted by molar-refractivity contribution is 0.104. The standard InChI is InChI=1S/C42H58FN3/c1-29-26-31(19-21-34(29)43)37(46(6)7)27-36(30-16-10-8-11-17-30)45-28-44-35-22-20-32-33-18-12-15-25-42(33,5)40(2,3)38(32)39(35)41(4)23-13-9-14-24-41/h8,10-11,13,15-17,19,21,23,25-26,29,32-34,37-38,44H,9,12,14,18,20,22,24,27-28H2,1-7H3. The first-order valence-electron chi connectivity index (χ1n) is 18.1. The largest absolute Gasteiger partial charge is 0.370 e. The molecule has 3 nitrogen and oxygen atoms in total. The second kappa shape index (κ2) is 13.1. The molecule has 6 rings (SSSR count). The molecule has 0 aromatic heterocycles.